The Morgan fingerprint density at radius 3 is 2.31 bits per heavy atom. The molecule has 0 aromatic rings. The van der Waals surface area contributed by atoms with Crippen molar-refractivity contribution in [2.45, 2.75) is 32.0 Å². The second kappa shape index (κ2) is 10.9. The second-order valence-corrected chi connectivity index (χ2v) is 3.10. The number of rotatable bonds is 6. The molecular weight excluding hydrogens is 260 g/mol. The van der Waals surface area contributed by atoms with Gasteiger partial charge in [0.25, 0.3) is 0 Å². The van der Waals surface area contributed by atoms with Crippen LogP contribution in [0.25, 0.3) is 0 Å². The lowest BCUT2D eigenvalue weighted by molar-refractivity contribution is -0.138. The molecule has 16 heavy (non-hydrogen) atoms. The van der Waals surface area contributed by atoms with Gasteiger partial charge in [0, 0.05) is 0 Å². The summed E-state index contributed by atoms with van der Waals surface area (Å²) >= 11 is 0. The number of hydrogen-bond donors (Lipinski definition) is 3. The lowest BCUT2D eigenvalue weighted by Crippen LogP contribution is -2.31. The zero-order chi connectivity index (χ0) is 11.1. The van der Waals surface area contributed by atoms with Crippen LogP contribution in [-0.4, -0.2) is 35.7 Å². The maximum absolute atomic E-state index is 13.0. The van der Waals surface area contributed by atoms with Crippen LogP contribution < -0.4 is 11.5 Å². The number of hydrogen-bond acceptors (Lipinski definition) is 3. The molecule has 0 spiro atoms. The Morgan fingerprint density at radius 1 is 1.44 bits per heavy atom. The molecule has 0 heterocycles. The minimum atomic E-state index is -1.18. The number of halogens is 3. The monoisotopic (exact) mass is 277 g/mol. The van der Waals surface area contributed by atoms with E-state index in [-0.39, 0.29) is 44.2 Å². The first-order valence-corrected chi connectivity index (χ1v) is 4.32. The maximum Gasteiger partial charge on any atom is 0.320 e. The molecule has 0 amide bonds. The molecule has 5 N–H and O–H groups in total. The van der Waals surface area contributed by atoms with Crippen LogP contribution in [0.2, 0.25) is 0 Å². The van der Waals surface area contributed by atoms with Crippen LogP contribution in [-0.2, 0) is 4.79 Å². The SMILES string of the molecule is CC(N)=NCC(F)CCC(N)C(=O)O.Cl.Cl. The lowest BCUT2D eigenvalue weighted by Gasteiger charge is -2.08. The second-order valence-electron chi connectivity index (χ2n) is 3.10. The minimum absolute atomic E-state index is 0. The fourth-order valence-corrected chi connectivity index (χ4v) is 0.818. The number of nitrogens with zero attached hydrogens (tertiary/aromatic N) is 1. The number of amidine groups is 1. The quantitative estimate of drug-likeness (QED) is 0.492. The van der Waals surface area contributed by atoms with E-state index in [9.17, 15) is 9.18 Å². The van der Waals surface area contributed by atoms with Crippen molar-refractivity contribution in [1.82, 2.24) is 0 Å². The van der Waals surface area contributed by atoms with E-state index >= 15 is 0 Å². The minimum Gasteiger partial charge on any atom is -0.480 e. The van der Waals surface area contributed by atoms with Crippen LogP contribution in [0.15, 0.2) is 4.99 Å². The largest absolute Gasteiger partial charge is 0.480 e. The van der Waals surface area contributed by atoms with Crippen molar-refractivity contribution >= 4 is 36.6 Å². The normalized spacial score (nSPS) is 14.3. The Kier molecular flexibility index (Phi) is 14.2. The summed E-state index contributed by atoms with van der Waals surface area (Å²) in [5.74, 6) is -0.800. The molecule has 0 aliphatic carbocycles. The molecule has 0 saturated carbocycles. The third-order valence-electron chi connectivity index (χ3n) is 1.65. The van der Waals surface area contributed by atoms with Crippen LogP contribution in [0.1, 0.15) is 19.8 Å². The summed E-state index contributed by atoms with van der Waals surface area (Å²) in [6.07, 6.45) is -0.987. The van der Waals surface area contributed by atoms with Gasteiger partial charge in [-0.25, -0.2) is 4.39 Å². The van der Waals surface area contributed by atoms with Crippen molar-refractivity contribution in [3.63, 3.8) is 0 Å². The Morgan fingerprint density at radius 2 is 1.94 bits per heavy atom. The molecule has 0 fully saturated rings. The summed E-state index contributed by atoms with van der Waals surface area (Å²) in [5.41, 5.74) is 10.4. The lowest BCUT2D eigenvalue weighted by atomic mass is 10.1. The standard InChI is InChI=1S/C8H16FN3O2.2ClH/c1-5(10)12-4-6(9)2-3-7(11)8(13)14;;/h6-7H,2-4,11H2,1H3,(H2,10,12)(H,13,14);2*1H. The van der Waals surface area contributed by atoms with E-state index in [0.29, 0.717) is 5.84 Å². The van der Waals surface area contributed by atoms with Crippen molar-refractivity contribution < 1.29 is 14.3 Å². The van der Waals surface area contributed by atoms with E-state index in [1.807, 2.05) is 0 Å². The van der Waals surface area contributed by atoms with Gasteiger partial charge in [-0.3, -0.25) is 9.79 Å². The van der Waals surface area contributed by atoms with Crippen molar-refractivity contribution in [3.8, 4) is 0 Å². The van der Waals surface area contributed by atoms with E-state index in [1.54, 1.807) is 6.92 Å². The summed E-state index contributed by atoms with van der Waals surface area (Å²) in [5, 5.41) is 8.42. The van der Waals surface area contributed by atoms with Gasteiger partial charge in [0.05, 0.1) is 12.4 Å². The third kappa shape index (κ3) is 11.5. The molecule has 98 valence electrons. The smallest absolute Gasteiger partial charge is 0.320 e. The average Bonchev–Trinajstić information content (AvgIpc) is 2.10. The van der Waals surface area contributed by atoms with Gasteiger partial charge >= 0.3 is 5.97 Å². The molecule has 0 aliphatic rings. The molecule has 0 bridgehead atoms. The fourth-order valence-electron chi connectivity index (χ4n) is 0.818. The Bertz CT molecular complexity index is 225. The van der Waals surface area contributed by atoms with Gasteiger partial charge < -0.3 is 16.6 Å². The molecule has 2 unspecified atom stereocenters. The summed E-state index contributed by atoms with van der Waals surface area (Å²) in [4.78, 5) is 14.0. The predicted octanol–water partition coefficient (Wildman–Crippen LogP) is 0.737. The van der Waals surface area contributed by atoms with Gasteiger partial charge in [0.2, 0.25) is 0 Å². The topological polar surface area (TPSA) is 102 Å². The highest BCUT2D eigenvalue weighted by atomic mass is 35.5. The zero-order valence-electron chi connectivity index (χ0n) is 8.93. The van der Waals surface area contributed by atoms with Gasteiger partial charge in [0.1, 0.15) is 12.2 Å². The highest BCUT2D eigenvalue weighted by Crippen LogP contribution is 2.04. The van der Waals surface area contributed by atoms with E-state index in [4.69, 9.17) is 16.6 Å². The van der Waals surface area contributed by atoms with Crippen molar-refractivity contribution in [2.75, 3.05) is 6.54 Å². The first-order valence-electron chi connectivity index (χ1n) is 4.32. The molecule has 0 saturated heterocycles. The molecule has 2 atom stereocenters. The van der Waals surface area contributed by atoms with E-state index in [0.717, 1.165) is 0 Å². The highest BCUT2D eigenvalue weighted by Gasteiger charge is 2.14. The van der Waals surface area contributed by atoms with Gasteiger partial charge in [-0.2, -0.15) is 0 Å². The van der Waals surface area contributed by atoms with Gasteiger partial charge in [-0.1, -0.05) is 0 Å². The van der Waals surface area contributed by atoms with Gasteiger partial charge in [-0.15, -0.1) is 24.8 Å². The zero-order valence-corrected chi connectivity index (χ0v) is 10.6. The van der Waals surface area contributed by atoms with Crippen molar-refractivity contribution in [1.29, 1.82) is 0 Å². The van der Waals surface area contributed by atoms with E-state index < -0.39 is 18.2 Å². The van der Waals surface area contributed by atoms with Crippen LogP contribution >= 0.6 is 24.8 Å². The molecule has 0 rings (SSSR count). The van der Waals surface area contributed by atoms with E-state index in [2.05, 4.69) is 4.99 Å². The highest BCUT2D eigenvalue weighted by molar-refractivity contribution is 5.85. The van der Waals surface area contributed by atoms with Crippen LogP contribution in [0.5, 0.6) is 0 Å². The predicted molar refractivity (Wildman–Crippen MR) is 66.4 cm³/mol. The van der Waals surface area contributed by atoms with E-state index in [1.165, 1.54) is 0 Å². The number of nitrogens with two attached hydrogens (primary N) is 2. The number of alkyl halides is 1. The first-order chi connectivity index (χ1) is 6.43. The molecule has 8 heteroatoms. The fraction of sp³-hybridized carbons (Fsp3) is 0.750. The number of carbonyl (C=O) groups is 1. The number of aliphatic carboxylic acids is 1. The number of aliphatic imine (C=N–C) groups is 1. The molecule has 0 radical (unpaired) electrons. The maximum atomic E-state index is 13.0. The summed E-state index contributed by atoms with van der Waals surface area (Å²) < 4.78 is 13.0. The molecule has 0 aliphatic heterocycles. The summed E-state index contributed by atoms with van der Waals surface area (Å²) in [6.45, 7) is 1.53. The van der Waals surface area contributed by atoms with Crippen LogP contribution in [0, 0.1) is 0 Å². The third-order valence-corrected chi connectivity index (χ3v) is 1.65. The number of carboxylic acid groups (broad SMARTS) is 1. The first kappa shape index (κ1) is 20.8. The molecule has 5 nitrogen and oxygen atoms in total. The Hall–Kier alpha value is -0.590. The van der Waals surface area contributed by atoms with Crippen LogP contribution in [0.3, 0.4) is 0 Å². The summed E-state index contributed by atoms with van der Waals surface area (Å²) in [6, 6.07) is -1.00. The summed E-state index contributed by atoms with van der Waals surface area (Å²) in [7, 11) is 0. The average molecular weight is 278 g/mol. The van der Waals surface area contributed by atoms with Gasteiger partial charge in [-0.05, 0) is 19.8 Å². The Balaban J connectivity index is -0.000000845. The molecule has 0 aromatic heterocycles. The van der Waals surface area contributed by atoms with Gasteiger partial charge in [0.15, 0.2) is 0 Å². The molecular formula is C8H18Cl2FN3O2. The van der Waals surface area contributed by atoms with Crippen LogP contribution in [0.4, 0.5) is 4.39 Å². The molecule has 0 aromatic carbocycles. The number of carboxylic acids is 1. The van der Waals surface area contributed by atoms with Crippen molar-refractivity contribution in [3.05, 3.63) is 0 Å². The Labute approximate surface area is 106 Å². The van der Waals surface area contributed by atoms with Crippen molar-refractivity contribution in [2.24, 2.45) is 16.5 Å².